The van der Waals surface area contributed by atoms with E-state index in [1.165, 1.54) is 17.7 Å². The van der Waals surface area contributed by atoms with E-state index in [-0.39, 0.29) is 36.4 Å². The van der Waals surface area contributed by atoms with Crippen molar-refractivity contribution in [3.8, 4) is 5.75 Å². The molecule has 3 heterocycles. The highest BCUT2D eigenvalue weighted by Gasteiger charge is 2.27. The quantitative estimate of drug-likeness (QED) is 0.489. The smallest absolute Gasteiger partial charge is 0.253 e. The van der Waals surface area contributed by atoms with Gasteiger partial charge in [-0.1, -0.05) is 6.92 Å². The Morgan fingerprint density at radius 2 is 1.78 bits per heavy atom. The molecule has 0 spiro atoms. The number of hydrogen-bond acceptors (Lipinski definition) is 6. The van der Waals surface area contributed by atoms with Gasteiger partial charge in [0.1, 0.15) is 5.75 Å². The third kappa shape index (κ3) is 4.27. The molecule has 170 valence electrons. The topological polar surface area (TPSA) is 97.0 Å². The highest BCUT2D eigenvalue weighted by molar-refractivity contribution is 7.98. The van der Waals surface area contributed by atoms with Crippen molar-refractivity contribution < 1.29 is 19.5 Å². The van der Waals surface area contributed by atoms with Crippen molar-refractivity contribution in [2.75, 3.05) is 39.0 Å². The lowest BCUT2D eigenvalue weighted by molar-refractivity contribution is -0.138. The number of benzene rings is 1. The van der Waals surface area contributed by atoms with Gasteiger partial charge in [-0.05, 0) is 30.4 Å². The summed E-state index contributed by atoms with van der Waals surface area (Å²) in [4.78, 5) is 44.4. The van der Waals surface area contributed by atoms with Crippen molar-refractivity contribution in [2.45, 2.75) is 31.3 Å². The third-order valence-corrected chi connectivity index (χ3v) is 7.00. The van der Waals surface area contributed by atoms with Crippen molar-refractivity contribution in [1.29, 1.82) is 0 Å². The Bertz CT molecular complexity index is 1070. The molecule has 1 fully saturated rings. The van der Waals surface area contributed by atoms with E-state index in [9.17, 15) is 19.5 Å². The zero-order valence-corrected chi connectivity index (χ0v) is 19.2. The van der Waals surface area contributed by atoms with Crippen LogP contribution in [0.15, 0.2) is 29.3 Å². The van der Waals surface area contributed by atoms with E-state index in [4.69, 9.17) is 0 Å². The normalized spacial score (nSPS) is 17.2. The Morgan fingerprint density at radius 1 is 1.09 bits per heavy atom. The molecule has 4 rings (SSSR count). The van der Waals surface area contributed by atoms with Crippen LogP contribution in [0.25, 0.3) is 10.9 Å². The molecule has 2 N–H and O–H groups in total. The molecule has 1 aromatic carbocycles. The van der Waals surface area contributed by atoms with E-state index in [0.717, 1.165) is 32.8 Å². The number of phenolic OH excluding ortho intramolecular Hbond substituents is 1. The van der Waals surface area contributed by atoms with Gasteiger partial charge in [-0.2, -0.15) is 0 Å². The van der Waals surface area contributed by atoms with Crippen molar-refractivity contribution in [1.82, 2.24) is 19.7 Å². The van der Waals surface area contributed by atoms with Gasteiger partial charge >= 0.3 is 0 Å². The van der Waals surface area contributed by atoms with Crippen LogP contribution in [-0.4, -0.2) is 81.5 Å². The zero-order valence-electron chi connectivity index (χ0n) is 18.4. The summed E-state index contributed by atoms with van der Waals surface area (Å²) in [5.74, 6) is -0.492. The number of rotatable bonds is 7. The zero-order chi connectivity index (χ0) is 22.8. The first-order valence-electron chi connectivity index (χ1n) is 10.9. The van der Waals surface area contributed by atoms with E-state index >= 15 is 0 Å². The van der Waals surface area contributed by atoms with Gasteiger partial charge in [-0.3, -0.25) is 24.2 Å². The van der Waals surface area contributed by atoms with Crippen molar-refractivity contribution in [3.63, 3.8) is 0 Å². The van der Waals surface area contributed by atoms with Gasteiger partial charge in [-0.25, -0.2) is 0 Å². The van der Waals surface area contributed by atoms with Crippen molar-refractivity contribution >= 4 is 40.4 Å². The number of phenols is 1. The molecule has 9 heteroatoms. The van der Waals surface area contributed by atoms with E-state index in [1.54, 1.807) is 22.7 Å². The van der Waals surface area contributed by atoms with Gasteiger partial charge < -0.3 is 15.0 Å². The fourth-order valence-electron chi connectivity index (χ4n) is 4.42. The number of piperazine rings is 1. The number of nitrogens with one attached hydrogen (secondary N) is 1. The van der Waals surface area contributed by atoms with Crippen molar-refractivity contribution in [2.24, 2.45) is 0 Å². The lowest BCUT2D eigenvalue weighted by atomic mass is 10.1. The molecule has 0 saturated carbocycles. The number of imide groups is 1. The van der Waals surface area contributed by atoms with Crippen LogP contribution < -0.4 is 0 Å². The maximum Gasteiger partial charge on any atom is 0.253 e. The molecule has 32 heavy (non-hydrogen) atoms. The van der Waals surface area contributed by atoms with Gasteiger partial charge in [0.2, 0.25) is 5.91 Å². The second-order valence-electron chi connectivity index (χ2n) is 8.04. The summed E-state index contributed by atoms with van der Waals surface area (Å²) >= 11 is 1.68. The monoisotopic (exact) mass is 456 g/mol. The SMILES string of the molecule is CCc1c(SC)[nH]c2c(CN3CCN(C(=O)CCN4C(=O)C=CC4=O)CC3)c(O)ccc12. The van der Waals surface area contributed by atoms with E-state index in [1.807, 2.05) is 12.3 Å². The van der Waals surface area contributed by atoms with E-state index in [0.29, 0.717) is 32.7 Å². The third-order valence-electron chi connectivity index (χ3n) is 6.24. The van der Waals surface area contributed by atoms with Gasteiger partial charge in [0, 0.05) is 68.8 Å². The van der Waals surface area contributed by atoms with Gasteiger partial charge in [0.05, 0.1) is 10.5 Å². The molecular formula is C23H28N4O4S. The van der Waals surface area contributed by atoms with Crippen LogP contribution in [0.4, 0.5) is 0 Å². The van der Waals surface area contributed by atoms with Crippen LogP contribution in [0.5, 0.6) is 5.75 Å². The van der Waals surface area contributed by atoms with E-state index < -0.39 is 0 Å². The Morgan fingerprint density at radius 3 is 2.41 bits per heavy atom. The summed E-state index contributed by atoms with van der Waals surface area (Å²) in [5, 5.41) is 12.8. The second kappa shape index (κ2) is 9.38. The number of aryl methyl sites for hydroxylation is 1. The van der Waals surface area contributed by atoms with Crippen LogP contribution in [0.2, 0.25) is 0 Å². The Balaban J connectivity index is 1.37. The molecule has 1 saturated heterocycles. The molecule has 1 aromatic heterocycles. The molecule has 2 aromatic rings. The predicted octanol–water partition coefficient (Wildman–Crippen LogP) is 2.12. The van der Waals surface area contributed by atoms with Crippen LogP contribution in [0.3, 0.4) is 0 Å². The Kier molecular flexibility index (Phi) is 6.57. The summed E-state index contributed by atoms with van der Waals surface area (Å²) in [6, 6.07) is 3.75. The fraction of sp³-hybridized carbons (Fsp3) is 0.435. The molecule has 2 aliphatic rings. The minimum absolute atomic E-state index is 0.0522. The molecule has 0 atom stereocenters. The minimum atomic E-state index is -0.359. The first-order chi connectivity index (χ1) is 15.4. The largest absolute Gasteiger partial charge is 0.508 e. The maximum atomic E-state index is 12.6. The minimum Gasteiger partial charge on any atom is -0.508 e. The van der Waals surface area contributed by atoms with Gasteiger partial charge in [0.25, 0.3) is 11.8 Å². The lowest BCUT2D eigenvalue weighted by Crippen LogP contribution is -2.49. The van der Waals surface area contributed by atoms with Crippen molar-refractivity contribution in [3.05, 3.63) is 35.4 Å². The Hall–Kier alpha value is -2.78. The maximum absolute atomic E-state index is 12.6. The number of hydrogen-bond donors (Lipinski definition) is 2. The lowest BCUT2D eigenvalue weighted by Gasteiger charge is -2.35. The molecule has 8 nitrogen and oxygen atoms in total. The molecule has 0 unspecified atom stereocenters. The predicted molar refractivity (Wildman–Crippen MR) is 123 cm³/mol. The van der Waals surface area contributed by atoms with Gasteiger partial charge in [0.15, 0.2) is 0 Å². The fourth-order valence-corrected chi connectivity index (χ4v) is 5.13. The number of H-pyrrole nitrogens is 1. The molecule has 2 aliphatic heterocycles. The number of aromatic amines is 1. The molecule has 3 amide bonds. The standard InChI is InChI=1S/C23H28N4O4S/c1-3-15-16-4-5-18(28)17(22(16)24-23(15)32-2)14-25-10-12-26(13-11-25)19(29)8-9-27-20(30)6-7-21(27)31/h4-7,24,28H,3,8-14H2,1-2H3. The summed E-state index contributed by atoms with van der Waals surface area (Å²) in [5.41, 5.74) is 3.14. The highest BCUT2D eigenvalue weighted by Crippen LogP contribution is 2.35. The van der Waals surface area contributed by atoms with E-state index in [2.05, 4.69) is 16.8 Å². The molecule has 0 radical (unpaired) electrons. The van der Waals surface area contributed by atoms with Crippen LogP contribution in [0, 0.1) is 0 Å². The number of amides is 3. The van der Waals surface area contributed by atoms with Crippen LogP contribution >= 0.6 is 11.8 Å². The molecule has 0 aliphatic carbocycles. The number of carbonyl (C=O) groups excluding carboxylic acids is 3. The Labute approximate surface area is 191 Å². The number of nitrogens with zero attached hydrogens (tertiary/aromatic N) is 3. The van der Waals surface area contributed by atoms with Crippen LogP contribution in [-0.2, 0) is 27.3 Å². The van der Waals surface area contributed by atoms with Gasteiger partial charge in [-0.15, -0.1) is 11.8 Å². The molecule has 0 bridgehead atoms. The average Bonchev–Trinajstić information content (AvgIpc) is 3.33. The van der Waals surface area contributed by atoms with Crippen LogP contribution in [0.1, 0.15) is 24.5 Å². The highest BCUT2D eigenvalue weighted by atomic mass is 32.2. The number of thioether (sulfide) groups is 1. The summed E-state index contributed by atoms with van der Waals surface area (Å²) < 4.78 is 0. The summed E-state index contributed by atoms with van der Waals surface area (Å²) in [6.07, 6.45) is 5.57. The number of fused-ring (bicyclic) bond motifs is 1. The second-order valence-corrected chi connectivity index (χ2v) is 8.86. The summed E-state index contributed by atoms with van der Waals surface area (Å²) in [6.45, 7) is 5.41. The first-order valence-corrected chi connectivity index (χ1v) is 12.1. The summed E-state index contributed by atoms with van der Waals surface area (Å²) in [7, 11) is 0. The first kappa shape index (κ1) is 22.4. The number of carbonyl (C=O) groups is 3. The number of aromatic hydroxyl groups is 1. The molecular weight excluding hydrogens is 428 g/mol. The average molecular weight is 457 g/mol. The number of aromatic nitrogens is 1.